The van der Waals surface area contributed by atoms with Crippen molar-refractivity contribution in [1.82, 2.24) is 9.88 Å². The van der Waals surface area contributed by atoms with Crippen molar-refractivity contribution >= 4 is 23.5 Å². The van der Waals surface area contributed by atoms with Crippen LogP contribution in [-0.2, 0) is 15.1 Å². The van der Waals surface area contributed by atoms with Gasteiger partial charge in [-0.2, -0.15) is 0 Å². The highest BCUT2D eigenvalue weighted by atomic mass is 19.1. The first-order valence-corrected chi connectivity index (χ1v) is 9.80. The Morgan fingerprint density at radius 3 is 2.88 bits per heavy atom. The van der Waals surface area contributed by atoms with E-state index in [0.29, 0.717) is 0 Å². The monoisotopic (exact) mass is 445 g/mol. The van der Waals surface area contributed by atoms with Gasteiger partial charge in [0.15, 0.2) is 5.96 Å². The number of carbonyl (C=O) groups excluding carboxylic acids is 2. The van der Waals surface area contributed by atoms with Crippen LogP contribution in [0.3, 0.4) is 0 Å². The zero-order valence-electron chi connectivity index (χ0n) is 17.3. The van der Waals surface area contributed by atoms with Gasteiger partial charge in [0, 0.05) is 25.2 Å². The van der Waals surface area contributed by atoms with Crippen LogP contribution in [0, 0.1) is 11.7 Å². The normalized spacial score (nSPS) is 23.4. The molecule has 2 aliphatic rings. The Morgan fingerprint density at radius 1 is 1.41 bits per heavy atom. The molecule has 1 aromatic heterocycles. The summed E-state index contributed by atoms with van der Waals surface area (Å²) in [6.45, 7) is 1.27. The number of guanidine groups is 1. The number of rotatable bonds is 5. The number of carbonyl (C=O) groups is 2. The third-order valence-electron chi connectivity index (χ3n) is 5.43. The summed E-state index contributed by atoms with van der Waals surface area (Å²) in [6.07, 6.45) is -0.290. The SMILES string of the molecule is CC(F)Oc1ccc(C(=O)Nc2ccc(F)c(C34COCC3C(=O)N(C)C(N)=N4)c2)nc1. The van der Waals surface area contributed by atoms with E-state index in [-0.39, 0.29) is 47.8 Å². The Morgan fingerprint density at radius 2 is 2.19 bits per heavy atom. The second kappa shape index (κ2) is 8.15. The molecule has 2 aromatic rings. The number of aromatic nitrogens is 1. The lowest BCUT2D eigenvalue weighted by Gasteiger charge is -2.37. The fourth-order valence-electron chi connectivity index (χ4n) is 3.81. The molecule has 11 heteroatoms. The maximum absolute atomic E-state index is 14.9. The Hall–Kier alpha value is -3.60. The minimum Gasteiger partial charge on any atom is -0.459 e. The van der Waals surface area contributed by atoms with Gasteiger partial charge in [-0.05, 0) is 30.3 Å². The predicted molar refractivity (Wildman–Crippen MR) is 110 cm³/mol. The van der Waals surface area contributed by atoms with Gasteiger partial charge in [-0.1, -0.05) is 0 Å². The fraction of sp³-hybridized carbons (Fsp3) is 0.333. The molecule has 4 rings (SSSR count). The number of nitrogens with two attached hydrogens (primary N) is 1. The number of alkyl halides is 1. The van der Waals surface area contributed by atoms with Crippen LogP contribution in [0.4, 0.5) is 14.5 Å². The second-order valence-corrected chi connectivity index (χ2v) is 7.55. The number of aliphatic imine (C=N–C) groups is 1. The third kappa shape index (κ3) is 3.75. The van der Waals surface area contributed by atoms with E-state index in [4.69, 9.17) is 15.2 Å². The van der Waals surface area contributed by atoms with Gasteiger partial charge in [-0.25, -0.2) is 18.8 Å². The minimum absolute atomic E-state index is 0.0255. The van der Waals surface area contributed by atoms with Crippen molar-refractivity contribution in [3.8, 4) is 5.75 Å². The number of fused-ring (bicyclic) bond motifs is 1. The van der Waals surface area contributed by atoms with E-state index in [2.05, 4.69) is 15.3 Å². The molecule has 168 valence electrons. The maximum Gasteiger partial charge on any atom is 0.274 e. The number of halogens is 2. The molecule has 2 amide bonds. The molecule has 3 atom stereocenters. The van der Waals surface area contributed by atoms with Crippen molar-refractivity contribution in [2.75, 3.05) is 25.6 Å². The third-order valence-corrected chi connectivity index (χ3v) is 5.43. The summed E-state index contributed by atoms with van der Waals surface area (Å²) in [5.74, 6) is -2.10. The van der Waals surface area contributed by atoms with E-state index in [1.54, 1.807) is 0 Å². The Labute approximate surface area is 182 Å². The van der Waals surface area contributed by atoms with Crippen LogP contribution in [-0.4, -0.2) is 54.3 Å². The number of anilines is 1. The number of benzene rings is 1. The van der Waals surface area contributed by atoms with Crippen LogP contribution in [0.25, 0.3) is 0 Å². The molecular weight excluding hydrogens is 424 g/mol. The molecular formula is C21H21F2N5O4. The lowest BCUT2D eigenvalue weighted by Crippen LogP contribution is -2.54. The first-order valence-electron chi connectivity index (χ1n) is 9.80. The van der Waals surface area contributed by atoms with Crippen molar-refractivity contribution in [3.05, 3.63) is 53.6 Å². The number of ether oxygens (including phenoxy) is 2. The summed E-state index contributed by atoms with van der Waals surface area (Å²) in [7, 11) is 1.49. The second-order valence-electron chi connectivity index (χ2n) is 7.55. The average Bonchev–Trinajstić information content (AvgIpc) is 3.18. The molecule has 3 heterocycles. The molecule has 3 unspecified atom stereocenters. The summed E-state index contributed by atoms with van der Waals surface area (Å²) >= 11 is 0. The number of nitrogens with one attached hydrogen (secondary N) is 1. The molecule has 9 nitrogen and oxygen atoms in total. The molecule has 1 fully saturated rings. The van der Waals surface area contributed by atoms with Crippen molar-refractivity contribution < 1.29 is 27.8 Å². The van der Waals surface area contributed by atoms with Gasteiger partial charge in [0.05, 0.1) is 25.3 Å². The van der Waals surface area contributed by atoms with Gasteiger partial charge in [0.25, 0.3) is 5.91 Å². The molecule has 0 saturated carbocycles. The van der Waals surface area contributed by atoms with Crippen LogP contribution in [0.15, 0.2) is 41.5 Å². The van der Waals surface area contributed by atoms with Crippen LogP contribution in [0.2, 0.25) is 0 Å². The van der Waals surface area contributed by atoms with Gasteiger partial charge in [0.2, 0.25) is 12.3 Å². The summed E-state index contributed by atoms with van der Waals surface area (Å²) < 4.78 is 38.1. The van der Waals surface area contributed by atoms with Crippen molar-refractivity contribution in [2.45, 2.75) is 18.8 Å². The highest BCUT2D eigenvalue weighted by molar-refractivity contribution is 6.03. The van der Waals surface area contributed by atoms with Gasteiger partial charge in [-0.3, -0.25) is 14.5 Å². The summed E-state index contributed by atoms with van der Waals surface area (Å²) in [6, 6.07) is 6.75. The maximum atomic E-state index is 14.9. The molecule has 2 aliphatic heterocycles. The van der Waals surface area contributed by atoms with Crippen molar-refractivity contribution in [2.24, 2.45) is 16.6 Å². The molecule has 0 radical (unpaired) electrons. The number of nitrogens with zero attached hydrogens (tertiary/aromatic N) is 3. The van der Waals surface area contributed by atoms with E-state index in [1.807, 2.05) is 0 Å². The molecule has 0 aliphatic carbocycles. The molecule has 1 saturated heterocycles. The topological polar surface area (TPSA) is 119 Å². The van der Waals surface area contributed by atoms with E-state index < -0.39 is 29.5 Å². The Bertz CT molecular complexity index is 1090. The number of amides is 2. The summed E-state index contributed by atoms with van der Waals surface area (Å²) in [5.41, 5.74) is 4.99. The van der Waals surface area contributed by atoms with E-state index >= 15 is 0 Å². The largest absolute Gasteiger partial charge is 0.459 e. The highest BCUT2D eigenvalue weighted by Crippen LogP contribution is 2.44. The molecule has 1 aromatic carbocycles. The predicted octanol–water partition coefficient (Wildman–Crippen LogP) is 1.80. The molecule has 32 heavy (non-hydrogen) atoms. The van der Waals surface area contributed by atoms with Gasteiger partial charge in [-0.15, -0.1) is 0 Å². The fourth-order valence-corrected chi connectivity index (χ4v) is 3.81. The molecule has 0 bridgehead atoms. The zero-order chi connectivity index (χ0) is 23.0. The average molecular weight is 445 g/mol. The number of hydrogen-bond donors (Lipinski definition) is 2. The van der Waals surface area contributed by atoms with Crippen LogP contribution in [0.5, 0.6) is 5.75 Å². The van der Waals surface area contributed by atoms with Crippen LogP contribution < -0.4 is 15.8 Å². The highest BCUT2D eigenvalue weighted by Gasteiger charge is 2.54. The smallest absolute Gasteiger partial charge is 0.274 e. The Balaban J connectivity index is 1.62. The number of pyridine rings is 1. The first kappa shape index (κ1) is 21.6. The quantitative estimate of drug-likeness (QED) is 0.724. The Kier molecular flexibility index (Phi) is 5.51. The number of hydrogen-bond acceptors (Lipinski definition) is 7. The minimum atomic E-state index is -1.51. The van der Waals surface area contributed by atoms with E-state index in [0.717, 1.165) is 0 Å². The van der Waals surface area contributed by atoms with Gasteiger partial charge < -0.3 is 20.5 Å². The summed E-state index contributed by atoms with van der Waals surface area (Å²) in [4.78, 5) is 34.9. The molecule has 3 N–H and O–H groups in total. The van der Waals surface area contributed by atoms with Gasteiger partial charge in [0.1, 0.15) is 22.8 Å². The standard InChI is InChI=1S/C21H21F2N5O4/c1-11(22)32-13-4-6-17(25-8-13)18(29)26-12-3-5-16(23)14(7-12)21-10-31-9-15(21)19(30)28(2)20(24)27-21/h3-8,11,15H,9-10H2,1-2H3,(H2,24,27)(H,26,29). The molecule has 0 spiro atoms. The zero-order valence-corrected chi connectivity index (χ0v) is 17.3. The van der Waals surface area contributed by atoms with Crippen LogP contribution in [0.1, 0.15) is 23.0 Å². The van der Waals surface area contributed by atoms with Crippen LogP contribution >= 0.6 is 0 Å². The first-order chi connectivity index (χ1) is 15.2. The van der Waals surface area contributed by atoms with Crippen molar-refractivity contribution in [1.29, 1.82) is 0 Å². The van der Waals surface area contributed by atoms with Gasteiger partial charge >= 0.3 is 0 Å². The van der Waals surface area contributed by atoms with E-state index in [1.165, 1.54) is 55.4 Å². The lowest BCUT2D eigenvalue weighted by molar-refractivity contribution is -0.133. The summed E-state index contributed by atoms with van der Waals surface area (Å²) in [5, 5.41) is 2.63. The van der Waals surface area contributed by atoms with E-state index in [9.17, 15) is 18.4 Å². The lowest BCUT2D eigenvalue weighted by atomic mass is 9.78. The van der Waals surface area contributed by atoms with Crippen molar-refractivity contribution in [3.63, 3.8) is 0 Å².